The van der Waals surface area contributed by atoms with Gasteiger partial charge in [0.15, 0.2) is 0 Å². The second kappa shape index (κ2) is 8.64. The van der Waals surface area contributed by atoms with Crippen LogP contribution in [-0.4, -0.2) is 47.9 Å². The monoisotopic (exact) mass is 367 g/mol. The summed E-state index contributed by atoms with van der Waals surface area (Å²) in [5.74, 6) is 4.98. The minimum Gasteiger partial charge on any atom is -0.367 e. The second-order valence-corrected chi connectivity index (χ2v) is 6.67. The summed E-state index contributed by atoms with van der Waals surface area (Å²) in [4.78, 5) is 31.6. The van der Waals surface area contributed by atoms with Gasteiger partial charge < -0.3 is 9.80 Å². The number of anilines is 1. The van der Waals surface area contributed by atoms with Gasteiger partial charge in [-0.05, 0) is 42.7 Å². The van der Waals surface area contributed by atoms with Gasteiger partial charge in [0.25, 0.3) is 5.91 Å². The Labute approximate surface area is 159 Å². The van der Waals surface area contributed by atoms with E-state index in [2.05, 4.69) is 27.4 Å². The van der Waals surface area contributed by atoms with Gasteiger partial charge in [0, 0.05) is 44.4 Å². The molecule has 0 aliphatic carbocycles. The van der Waals surface area contributed by atoms with Crippen molar-refractivity contribution in [2.45, 2.75) is 19.8 Å². The number of piperazine rings is 1. The largest absolute Gasteiger partial charge is 0.367 e. The number of aromatic nitrogens is 1. The summed E-state index contributed by atoms with van der Waals surface area (Å²) in [5, 5.41) is 0. The highest BCUT2D eigenvalue weighted by Gasteiger charge is 2.18. The van der Waals surface area contributed by atoms with Crippen LogP contribution in [0.4, 0.5) is 5.69 Å². The number of pyridine rings is 1. The summed E-state index contributed by atoms with van der Waals surface area (Å²) in [7, 11) is 0. The van der Waals surface area contributed by atoms with Crippen LogP contribution in [0.1, 0.15) is 28.5 Å². The zero-order valence-electron chi connectivity index (χ0n) is 15.5. The zero-order valence-corrected chi connectivity index (χ0v) is 15.5. The van der Waals surface area contributed by atoms with Crippen LogP contribution in [-0.2, 0) is 17.6 Å². The first-order chi connectivity index (χ1) is 13.1. The normalized spacial score (nSPS) is 14.1. The van der Waals surface area contributed by atoms with Crippen LogP contribution in [0.25, 0.3) is 0 Å². The second-order valence-electron chi connectivity index (χ2n) is 6.67. The lowest BCUT2D eigenvalue weighted by Gasteiger charge is -2.35. The first kappa shape index (κ1) is 18.8. The van der Waals surface area contributed by atoms with E-state index >= 15 is 0 Å². The number of aryl methyl sites for hydroxylation is 2. The molecule has 0 atom stereocenters. The van der Waals surface area contributed by atoms with Gasteiger partial charge in [0.2, 0.25) is 5.91 Å². The molecule has 2 aromatic rings. The summed E-state index contributed by atoms with van der Waals surface area (Å²) >= 11 is 0. The van der Waals surface area contributed by atoms with E-state index in [1.54, 1.807) is 19.1 Å². The van der Waals surface area contributed by atoms with Gasteiger partial charge >= 0.3 is 0 Å². The van der Waals surface area contributed by atoms with Crippen LogP contribution in [0.2, 0.25) is 0 Å². The summed E-state index contributed by atoms with van der Waals surface area (Å²) < 4.78 is 0. The maximum Gasteiger partial charge on any atom is 0.265 e. The SMILES string of the molecule is CC(=O)N1CCN(c2ccc(CCc3ccc(C(=O)NN)cc3)nc2)CC1. The van der Waals surface area contributed by atoms with Crippen molar-refractivity contribution in [3.05, 3.63) is 59.4 Å². The van der Waals surface area contributed by atoms with E-state index < -0.39 is 0 Å². The number of hydrogen-bond acceptors (Lipinski definition) is 5. The van der Waals surface area contributed by atoms with Crippen LogP contribution in [0, 0.1) is 0 Å². The molecule has 1 aliphatic heterocycles. The Morgan fingerprint density at radius 1 is 1.04 bits per heavy atom. The number of nitrogens with zero attached hydrogens (tertiary/aromatic N) is 3. The van der Waals surface area contributed by atoms with E-state index in [4.69, 9.17) is 5.84 Å². The summed E-state index contributed by atoms with van der Waals surface area (Å²) in [5.41, 5.74) is 5.95. The van der Waals surface area contributed by atoms with Crippen LogP contribution >= 0.6 is 0 Å². The predicted octanol–water partition coefficient (Wildman–Crippen LogP) is 1.14. The van der Waals surface area contributed by atoms with Gasteiger partial charge in [-0.15, -0.1) is 0 Å². The topological polar surface area (TPSA) is 91.6 Å². The third-order valence-electron chi connectivity index (χ3n) is 4.92. The molecule has 0 radical (unpaired) electrons. The molecule has 3 rings (SSSR count). The van der Waals surface area contributed by atoms with Gasteiger partial charge in [-0.1, -0.05) is 12.1 Å². The molecule has 1 aromatic carbocycles. The molecule has 1 fully saturated rings. The molecular weight excluding hydrogens is 342 g/mol. The molecule has 1 aromatic heterocycles. The van der Waals surface area contributed by atoms with E-state index in [9.17, 15) is 9.59 Å². The zero-order chi connectivity index (χ0) is 19.2. The number of rotatable bonds is 5. The van der Waals surface area contributed by atoms with Gasteiger partial charge in [-0.25, -0.2) is 5.84 Å². The van der Waals surface area contributed by atoms with Crippen molar-refractivity contribution in [3.8, 4) is 0 Å². The fraction of sp³-hybridized carbons (Fsp3) is 0.350. The Kier molecular flexibility index (Phi) is 6.03. The summed E-state index contributed by atoms with van der Waals surface area (Å²) in [6, 6.07) is 11.6. The highest BCUT2D eigenvalue weighted by molar-refractivity contribution is 5.93. The quantitative estimate of drug-likeness (QED) is 0.470. The van der Waals surface area contributed by atoms with Crippen LogP contribution in [0.5, 0.6) is 0 Å². The average molecular weight is 367 g/mol. The van der Waals surface area contributed by atoms with E-state index in [1.807, 2.05) is 23.2 Å². The van der Waals surface area contributed by atoms with E-state index in [-0.39, 0.29) is 11.8 Å². The van der Waals surface area contributed by atoms with Crippen molar-refractivity contribution < 1.29 is 9.59 Å². The standard InChI is InChI=1S/C20H25N5O2/c1-15(26)24-10-12-25(13-11-24)19-9-8-18(22-14-19)7-4-16-2-5-17(6-3-16)20(27)23-21/h2-3,5-6,8-9,14H,4,7,10-13,21H2,1H3,(H,23,27). The summed E-state index contributed by atoms with van der Waals surface area (Å²) in [6.45, 7) is 4.81. The van der Waals surface area contributed by atoms with Gasteiger partial charge in [-0.3, -0.25) is 20.0 Å². The highest BCUT2D eigenvalue weighted by atomic mass is 16.2. The maximum absolute atomic E-state index is 11.4. The Bertz CT molecular complexity index is 781. The number of amides is 2. The molecule has 7 nitrogen and oxygen atoms in total. The van der Waals surface area contributed by atoms with Crippen molar-refractivity contribution in [3.63, 3.8) is 0 Å². The third-order valence-corrected chi connectivity index (χ3v) is 4.92. The lowest BCUT2D eigenvalue weighted by Crippen LogP contribution is -2.48. The number of nitrogens with one attached hydrogen (secondary N) is 1. The molecule has 1 aliphatic rings. The molecule has 142 valence electrons. The number of carbonyl (C=O) groups excluding carboxylic acids is 2. The number of hydrogen-bond donors (Lipinski definition) is 2. The van der Waals surface area contributed by atoms with Crippen molar-refractivity contribution in [1.82, 2.24) is 15.3 Å². The minimum absolute atomic E-state index is 0.139. The highest BCUT2D eigenvalue weighted by Crippen LogP contribution is 2.16. The number of benzene rings is 1. The molecule has 2 heterocycles. The molecule has 0 saturated carbocycles. The fourth-order valence-electron chi connectivity index (χ4n) is 3.21. The van der Waals surface area contributed by atoms with Crippen molar-refractivity contribution in [1.29, 1.82) is 0 Å². The fourth-order valence-corrected chi connectivity index (χ4v) is 3.21. The first-order valence-corrected chi connectivity index (χ1v) is 9.12. The number of nitrogens with two attached hydrogens (primary N) is 1. The molecule has 2 amide bonds. The van der Waals surface area contributed by atoms with Crippen LogP contribution < -0.4 is 16.2 Å². The van der Waals surface area contributed by atoms with Crippen LogP contribution in [0.15, 0.2) is 42.6 Å². The molecule has 0 spiro atoms. The lowest BCUT2D eigenvalue weighted by molar-refractivity contribution is -0.129. The Balaban J connectivity index is 1.52. The van der Waals surface area contributed by atoms with Gasteiger partial charge in [0.05, 0.1) is 11.9 Å². The van der Waals surface area contributed by atoms with E-state index in [1.165, 1.54) is 0 Å². The Morgan fingerprint density at radius 2 is 1.74 bits per heavy atom. The predicted molar refractivity (Wildman–Crippen MR) is 104 cm³/mol. The lowest BCUT2D eigenvalue weighted by atomic mass is 10.1. The molecule has 1 saturated heterocycles. The molecule has 3 N–H and O–H groups in total. The van der Waals surface area contributed by atoms with Crippen molar-refractivity contribution >= 4 is 17.5 Å². The molecule has 27 heavy (non-hydrogen) atoms. The first-order valence-electron chi connectivity index (χ1n) is 9.12. The van der Waals surface area contributed by atoms with Gasteiger partial charge in [-0.2, -0.15) is 0 Å². The van der Waals surface area contributed by atoms with E-state index in [0.717, 1.165) is 56.0 Å². The number of carbonyl (C=O) groups is 2. The molecule has 0 bridgehead atoms. The molecule has 7 heteroatoms. The van der Waals surface area contributed by atoms with E-state index in [0.29, 0.717) is 5.56 Å². The molecular formula is C20H25N5O2. The van der Waals surface area contributed by atoms with Crippen molar-refractivity contribution in [2.24, 2.45) is 5.84 Å². The van der Waals surface area contributed by atoms with Crippen LogP contribution in [0.3, 0.4) is 0 Å². The van der Waals surface area contributed by atoms with Gasteiger partial charge in [0.1, 0.15) is 0 Å². The smallest absolute Gasteiger partial charge is 0.265 e. The maximum atomic E-state index is 11.4. The van der Waals surface area contributed by atoms with Crippen molar-refractivity contribution in [2.75, 3.05) is 31.1 Å². The number of nitrogen functional groups attached to an aromatic ring is 1. The minimum atomic E-state index is -0.289. The average Bonchev–Trinajstić information content (AvgIpc) is 2.72. The summed E-state index contributed by atoms with van der Waals surface area (Å²) in [6.07, 6.45) is 3.60. The third kappa shape index (κ3) is 4.83. The molecule has 0 unspecified atom stereocenters. The Morgan fingerprint density at radius 3 is 2.30 bits per heavy atom. The number of hydrazine groups is 1. The Hall–Kier alpha value is -2.93.